The van der Waals surface area contributed by atoms with Crippen molar-refractivity contribution in [3.8, 4) is 5.75 Å². The molecule has 1 aliphatic heterocycles. The number of likely N-dealkylation sites (tertiary alicyclic amines) is 1. The number of para-hydroxylation sites is 1. The van der Waals surface area contributed by atoms with Gasteiger partial charge in [0.15, 0.2) is 0 Å². The summed E-state index contributed by atoms with van der Waals surface area (Å²) in [6, 6.07) is 8.70. The van der Waals surface area contributed by atoms with Gasteiger partial charge in [0.05, 0.1) is 26.0 Å². The van der Waals surface area contributed by atoms with Gasteiger partial charge in [0.1, 0.15) is 5.75 Å². The summed E-state index contributed by atoms with van der Waals surface area (Å²) in [5, 5.41) is 13.5. The topological polar surface area (TPSA) is 50.5 Å². The van der Waals surface area contributed by atoms with Gasteiger partial charge in [-0.25, -0.2) is 0 Å². The SMILES string of the molecule is COc1ccccc1[C@H]1CCCN1Cc1cn(CCO)nc1C. The first-order chi connectivity index (χ1) is 11.2. The van der Waals surface area contributed by atoms with Crippen molar-refractivity contribution in [2.24, 2.45) is 0 Å². The highest BCUT2D eigenvalue weighted by atomic mass is 16.5. The number of hydrogen-bond acceptors (Lipinski definition) is 4. The fraction of sp³-hybridized carbons (Fsp3) is 0.500. The number of aliphatic hydroxyl groups is 1. The molecule has 0 spiro atoms. The van der Waals surface area contributed by atoms with Crippen molar-refractivity contribution in [2.45, 2.75) is 38.9 Å². The Bertz CT molecular complexity index is 653. The van der Waals surface area contributed by atoms with Gasteiger partial charge in [-0.15, -0.1) is 0 Å². The maximum absolute atomic E-state index is 9.07. The molecule has 1 atom stereocenters. The minimum atomic E-state index is 0.119. The predicted molar refractivity (Wildman–Crippen MR) is 89.4 cm³/mol. The van der Waals surface area contributed by atoms with Crippen LogP contribution in [-0.2, 0) is 13.1 Å². The van der Waals surface area contributed by atoms with E-state index in [2.05, 4.69) is 28.3 Å². The van der Waals surface area contributed by atoms with Crippen LogP contribution in [0.3, 0.4) is 0 Å². The first-order valence-corrected chi connectivity index (χ1v) is 8.23. The smallest absolute Gasteiger partial charge is 0.123 e. The summed E-state index contributed by atoms with van der Waals surface area (Å²) in [7, 11) is 1.74. The molecule has 0 unspecified atom stereocenters. The van der Waals surface area contributed by atoms with Crippen molar-refractivity contribution < 1.29 is 9.84 Å². The summed E-state index contributed by atoms with van der Waals surface area (Å²) in [6.45, 7) is 4.69. The van der Waals surface area contributed by atoms with E-state index in [1.165, 1.54) is 17.5 Å². The molecule has 0 aliphatic carbocycles. The van der Waals surface area contributed by atoms with Crippen molar-refractivity contribution in [3.63, 3.8) is 0 Å². The van der Waals surface area contributed by atoms with Crippen molar-refractivity contribution in [1.82, 2.24) is 14.7 Å². The summed E-state index contributed by atoms with van der Waals surface area (Å²) < 4.78 is 7.38. The molecule has 0 saturated carbocycles. The van der Waals surface area contributed by atoms with E-state index in [9.17, 15) is 0 Å². The molecule has 0 amide bonds. The Balaban J connectivity index is 1.79. The van der Waals surface area contributed by atoms with Gasteiger partial charge < -0.3 is 9.84 Å². The largest absolute Gasteiger partial charge is 0.496 e. The van der Waals surface area contributed by atoms with Crippen molar-refractivity contribution >= 4 is 0 Å². The molecule has 1 saturated heterocycles. The van der Waals surface area contributed by atoms with E-state index in [1.54, 1.807) is 7.11 Å². The maximum Gasteiger partial charge on any atom is 0.123 e. The Morgan fingerprint density at radius 2 is 2.17 bits per heavy atom. The van der Waals surface area contributed by atoms with Crippen LogP contribution in [0.25, 0.3) is 0 Å². The standard InChI is InChI=1S/C18H25N3O2/c1-14-15(13-21(19-14)10-11-22)12-20-9-5-7-17(20)16-6-3-4-8-18(16)23-2/h3-4,6,8,13,17,22H,5,7,9-12H2,1-2H3/t17-/m1/s1. The number of aryl methyl sites for hydroxylation is 1. The zero-order valence-corrected chi connectivity index (χ0v) is 13.9. The van der Waals surface area contributed by atoms with Gasteiger partial charge in [0.25, 0.3) is 0 Å². The monoisotopic (exact) mass is 315 g/mol. The van der Waals surface area contributed by atoms with E-state index in [1.807, 2.05) is 23.7 Å². The number of hydrogen-bond donors (Lipinski definition) is 1. The number of rotatable bonds is 6. The van der Waals surface area contributed by atoms with E-state index in [0.717, 1.165) is 31.0 Å². The minimum Gasteiger partial charge on any atom is -0.496 e. The average molecular weight is 315 g/mol. The molecular weight excluding hydrogens is 290 g/mol. The highest BCUT2D eigenvalue weighted by Crippen LogP contribution is 2.37. The molecule has 1 aliphatic rings. The van der Waals surface area contributed by atoms with E-state index in [4.69, 9.17) is 9.84 Å². The number of ether oxygens (including phenoxy) is 1. The van der Waals surface area contributed by atoms with Gasteiger partial charge in [-0.1, -0.05) is 18.2 Å². The van der Waals surface area contributed by atoms with Crippen LogP contribution >= 0.6 is 0 Å². The zero-order chi connectivity index (χ0) is 16.2. The molecule has 1 N–H and O–H groups in total. The lowest BCUT2D eigenvalue weighted by atomic mass is 10.0. The van der Waals surface area contributed by atoms with Crippen LogP contribution in [0.4, 0.5) is 0 Å². The Labute approximate surface area is 137 Å². The van der Waals surface area contributed by atoms with E-state index in [0.29, 0.717) is 12.6 Å². The van der Waals surface area contributed by atoms with Gasteiger partial charge >= 0.3 is 0 Å². The molecule has 1 fully saturated rings. The molecule has 124 valence electrons. The van der Waals surface area contributed by atoms with Crippen LogP contribution < -0.4 is 4.74 Å². The van der Waals surface area contributed by atoms with Crippen LogP contribution in [0.5, 0.6) is 5.75 Å². The molecule has 2 heterocycles. The number of aromatic nitrogens is 2. The summed E-state index contributed by atoms with van der Waals surface area (Å²) in [5.41, 5.74) is 3.55. The fourth-order valence-electron chi connectivity index (χ4n) is 3.46. The summed E-state index contributed by atoms with van der Waals surface area (Å²) >= 11 is 0. The fourth-order valence-corrected chi connectivity index (χ4v) is 3.46. The normalized spacial score (nSPS) is 18.5. The molecular formula is C18H25N3O2. The third-order valence-corrected chi connectivity index (χ3v) is 4.61. The lowest BCUT2D eigenvalue weighted by Gasteiger charge is -2.26. The molecule has 5 nitrogen and oxygen atoms in total. The second-order valence-electron chi connectivity index (χ2n) is 6.10. The van der Waals surface area contributed by atoms with Gasteiger partial charge in [0, 0.05) is 29.9 Å². The Kier molecular flexibility index (Phi) is 4.98. The van der Waals surface area contributed by atoms with E-state index >= 15 is 0 Å². The molecule has 23 heavy (non-hydrogen) atoms. The Morgan fingerprint density at radius 1 is 1.35 bits per heavy atom. The molecule has 2 aromatic rings. The lowest BCUT2D eigenvalue weighted by molar-refractivity contribution is 0.242. The molecule has 0 radical (unpaired) electrons. The summed E-state index contributed by atoms with van der Waals surface area (Å²) in [5.74, 6) is 0.970. The highest BCUT2D eigenvalue weighted by Gasteiger charge is 2.28. The van der Waals surface area contributed by atoms with E-state index in [-0.39, 0.29) is 6.61 Å². The molecule has 1 aromatic heterocycles. The van der Waals surface area contributed by atoms with Gasteiger partial charge in [-0.05, 0) is 32.4 Å². The Hall–Kier alpha value is -1.85. The second kappa shape index (κ2) is 7.15. The van der Waals surface area contributed by atoms with Crippen molar-refractivity contribution in [2.75, 3.05) is 20.3 Å². The number of aliphatic hydroxyl groups excluding tert-OH is 1. The van der Waals surface area contributed by atoms with Crippen LogP contribution in [0.15, 0.2) is 30.5 Å². The van der Waals surface area contributed by atoms with Crippen molar-refractivity contribution in [3.05, 3.63) is 47.3 Å². The third-order valence-electron chi connectivity index (χ3n) is 4.61. The second-order valence-corrected chi connectivity index (χ2v) is 6.10. The maximum atomic E-state index is 9.07. The van der Waals surface area contributed by atoms with Crippen LogP contribution in [0.2, 0.25) is 0 Å². The average Bonchev–Trinajstić information content (AvgIpc) is 3.15. The van der Waals surface area contributed by atoms with Gasteiger partial charge in [0.2, 0.25) is 0 Å². The third kappa shape index (κ3) is 3.41. The number of methoxy groups -OCH3 is 1. The van der Waals surface area contributed by atoms with Crippen LogP contribution in [-0.4, -0.2) is 40.0 Å². The van der Waals surface area contributed by atoms with E-state index < -0.39 is 0 Å². The zero-order valence-electron chi connectivity index (χ0n) is 13.9. The van der Waals surface area contributed by atoms with Crippen LogP contribution in [0.1, 0.15) is 35.7 Å². The first kappa shape index (κ1) is 16.0. The quantitative estimate of drug-likeness (QED) is 0.890. The minimum absolute atomic E-state index is 0.119. The van der Waals surface area contributed by atoms with Crippen LogP contribution in [0, 0.1) is 6.92 Å². The summed E-state index contributed by atoms with van der Waals surface area (Å²) in [6.07, 6.45) is 4.42. The highest BCUT2D eigenvalue weighted by molar-refractivity contribution is 5.36. The van der Waals surface area contributed by atoms with Crippen molar-refractivity contribution in [1.29, 1.82) is 0 Å². The first-order valence-electron chi connectivity index (χ1n) is 8.23. The molecule has 0 bridgehead atoms. The number of benzene rings is 1. The Morgan fingerprint density at radius 3 is 2.96 bits per heavy atom. The van der Waals surface area contributed by atoms with Gasteiger partial charge in [-0.3, -0.25) is 9.58 Å². The number of nitrogens with zero attached hydrogens (tertiary/aromatic N) is 3. The summed E-state index contributed by atoms with van der Waals surface area (Å²) in [4.78, 5) is 2.51. The lowest BCUT2D eigenvalue weighted by Crippen LogP contribution is -2.23. The molecule has 1 aromatic carbocycles. The predicted octanol–water partition coefficient (Wildman–Crippen LogP) is 2.53. The molecule has 5 heteroatoms. The van der Waals surface area contributed by atoms with Gasteiger partial charge in [-0.2, -0.15) is 5.10 Å². The molecule has 3 rings (SSSR count).